The number of aromatic nitrogens is 4. The van der Waals surface area contributed by atoms with Crippen LogP contribution in [0, 0.1) is 0 Å². The van der Waals surface area contributed by atoms with E-state index in [9.17, 15) is 0 Å². The van der Waals surface area contributed by atoms with E-state index in [0.29, 0.717) is 17.5 Å². The Morgan fingerprint density at radius 1 is 0.720 bits per heavy atom. The van der Waals surface area contributed by atoms with Crippen LogP contribution in [0.4, 0.5) is 0 Å². The zero-order chi connectivity index (χ0) is 34.9. The van der Waals surface area contributed by atoms with E-state index < -0.39 is 0 Å². The maximum Gasteiger partial charge on any atom is 0.164 e. The molecule has 0 fully saturated rings. The third kappa shape index (κ3) is 8.19. The molecular weight excluding hydrogens is 611 g/mol. The maximum absolute atomic E-state index is 5.08. The van der Waals surface area contributed by atoms with Crippen LogP contribution in [-0.4, -0.2) is 26.5 Å². The number of nitrogens with zero attached hydrogens (tertiary/aromatic N) is 4. The summed E-state index contributed by atoms with van der Waals surface area (Å²) in [6.45, 7) is 11.3. The topological polar surface area (TPSA) is 63.6 Å². The van der Waals surface area contributed by atoms with Gasteiger partial charge in [0.2, 0.25) is 0 Å². The average molecular weight is 654 g/mol. The highest BCUT2D eigenvalue weighted by Crippen LogP contribution is 2.32. The van der Waals surface area contributed by atoms with Gasteiger partial charge in [0.05, 0.1) is 5.69 Å². The Morgan fingerprint density at radius 2 is 1.42 bits per heavy atom. The summed E-state index contributed by atoms with van der Waals surface area (Å²) in [6.07, 6.45) is 17.7. The lowest BCUT2D eigenvalue weighted by atomic mass is 9.94. The van der Waals surface area contributed by atoms with Gasteiger partial charge in [-0.3, -0.25) is 4.98 Å². The van der Waals surface area contributed by atoms with Crippen molar-refractivity contribution in [3.8, 4) is 33.9 Å². The Hall–Kier alpha value is -5.94. The first-order valence-corrected chi connectivity index (χ1v) is 17.2. The highest BCUT2D eigenvalue weighted by molar-refractivity contribution is 5.81. The molecule has 0 spiro atoms. The summed E-state index contributed by atoms with van der Waals surface area (Å²) in [5.41, 5.74) is 13.0. The van der Waals surface area contributed by atoms with Gasteiger partial charge in [0, 0.05) is 35.1 Å². The van der Waals surface area contributed by atoms with Crippen molar-refractivity contribution in [1.82, 2.24) is 25.3 Å². The minimum atomic E-state index is 0.631. The van der Waals surface area contributed by atoms with Gasteiger partial charge in [-0.2, -0.15) is 0 Å². The Bertz CT molecular complexity index is 2150. The molecule has 248 valence electrons. The number of nitrogens with one attached hydrogen (secondary N) is 1. The quantitative estimate of drug-likeness (QED) is 0.152. The number of pyridine rings is 1. The van der Waals surface area contributed by atoms with Crippen molar-refractivity contribution in [2.75, 3.05) is 6.54 Å². The van der Waals surface area contributed by atoms with Gasteiger partial charge in [-0.05, 0) is 109 Å². The molecule has 0 saturated carbocycles. The van der Waals surface area contributed by atoms with Crippen LogP contribution in [0.2, 0.25) is 0 Å². The fourth-order valence-electron chi connectivity index (χ4n) is 5.73. The molecule has 0 bridgehead atoms. The number of dihydropyridines is 1. The van der Waals surface area contributed by atoms with Crippen molar-refractivity contribution >= 4 is 22.3 Å². The summed E-state index contributed by atoms with van der Waals surface area (Å²) in [5.74, 6) is 1.93. The molecule has 1 N–H and O–H groups in total. The number of hydrogen-bond donors (Lipinski definition) is 1. The minimum Gasteiger partial charge on any atom is -0.384 e. The van der Waals surface area contributed by atoms with Crippen molar-refractivity contribution in [3.63, 3.8) is 0 Å². The normalized spacial score (nSPS) is 14.0. The van der Waals surface area contributed by atoms with Crippen molar-refractivity contribution in [2.24, 2.45) is 0 Å². The van der Waals surface area contributed by atoms with Gasteiger partial charge < -0.3 is 5.32 Å². The molecule has 3 aromatic carbocycles. The molecule has 5 heteroatoms. The van der Waals surface area contributed by atoms with E-state index in [1.54, 1.807) is 0 Å². The molecule has 0 amide bonds. The molecule has 0 saturated heterocycles. The summed E-state index contributed by atoms with van der Waals surface area (Å²) < 4.78 is 0. The van der Waals surface area contributed by atoms with Crippen LogP contribution in [0.1, 0.15) is 63.7 Å². The first-order chi connectivity index (χ1) is 24.4. The van der Waals surface area contributed by atoms with E-state index in [2.05, 4.69) is 123 Å². The highest BCUT2D eigenvalue weighted by Gasteiger charge is 2.15. The van der Waals surface area contributed by atoms with E-state index in [1.165, 1.54) is 16.8 Å². The standard InChI is InChI=1S/C45H43N5/c1-6-8-14-34(7-2)43-48-44(37-15-10-9-11-16-37)50-45(49-43)41-28-39(31(3)18-19-32(4)42-17-12-13-26-46-42)27-40(29-41)36-24-22-35(23-25-36)38-21-20-33(5)47-30-38/h7-29,47H,6,30H2,1-5H3/b14-8-,31-18+,32-19+,34-7+. The van der Waals surface area contributed by atoms with Crippen LogP contribution in [0.15, 0.2) is 145 Å². The molecule has 1 aliphatic rings. The number of rotatable bonds is 10. The first kappa shape index (κ1) is 33.9. The van der Waals surface area contributed by atoms with Crippen LogP contribution < -0.4 is 5.32 Å². The molecule has 5 aromatic rings. The fraction of sp³-hybridized carbons (Fsp3) is 0.156. The minimum absolute atomic E-state index is 0.631. The zero-order valence-electron chi connectivity index (χ0n) is 29.5. The highest BCUT2D eigenvalue weighted by atomic mass is 15.0. The molecule has 0 unspecified atom stereocenters. The second-order valence-corrected chi connectivity index (χ2v) is 12.4. The molecule has 0 aliphatic carbocycles. The van der Waals surface area contributed by atoms with Crippen LogP contribution in [0.5, 0.6) is 0 Å². The number of allylic oxidation sites excluding steroid dienone is 11. The van der Waals surface area contributed by atoms with Crippen LogP contribution in [0.3, 0.4) is 0 Å². The molecule has 3 heterocycles. The monoisotopic (exact) mass is 653 g/mol. The molecule has 50 heavy (non-hydrogen) atoms. The summed E-state index contributed by atoms with van der Waals surface area (Å²) in [6, 6.07) is 31.6. The van der Waals surface area contributed by atoms with Crippen molar-refractivity contribution < 1.29 is 0 Å². The lowest BCUT2D eigenvalue weighted by molar-refractivity contribution is 0.903. The summed E-state index contributed by atoms with van der Waals surface area (Å²) in [7, 11) is 0. The Morgan fingerprint density at radius 3 is 2.10 bits per heavy atom. The molecule has 1 aliphatic heterocycles. The Kier molecular flexibility index (Phi) is 10.8. The van der Waals surface area contributed by atoms with Gasteiger partial charge in [0.1, 0.15) is 0 Å². The Balaban J connectivity index is 1.49. The first-order valence-electron chi connectivity index (χ1n) is 17.2. The zero-order valence-corrected chi connectivity index (χ0v) is 29.5. The van der Waals surface area contributed by atoms with Gasteiger partial charge in [0.15, 0.2) is 17.5 Å². The third-order valence-corrected chi connectivity index (χ3v) is 8.75. The third-order valence-electron chi connectivity index (χ3n) is 8.75. The largest absolute Gasteiger partial charge is 0.384 e. The second kappa shape index (κ2) is 16.0. The fourth-order valence-corrected chi connectivity index (χ4v) is 5.73. The van der Waals surface area contributed by atoms with E-state index in [4.69, 9.17) is 15.0 Å². The second-order valence-electron chi connectivity index (χ2n) is 12.4. The van der Waals surface area contributed by atoms with Crippen LogP contribution >= 0.6 is 0 Å². The molecular formula is C45H43N5. The molecule has 0 atom stereocenters. The SMILES string of the molecule is C/C=C(\C=C/CC)c1nc(-c2ccccc2)nc(-c2cc(/C(C)=C/C=C(\C)c3ccccn3)cc(-c3ccc(C4=CC=C(C)NC4)cc3)c2)n1. The Labute approximate surface area is 296 Å². The van der Waals surface area contributed by atoms with Crippen LogP contribution in [-0.2, 0) is 0 Å². The smallest absolute Gasteiger partial charge is 0.164 e. The van der Waals surface area contributed by atoms with E-state index in [-0.39, 0.29) is 0 Å². The van der Waals surface area contributed by atoms with E-state index in [1.807, 2.05) is 61.7 Å². The van der Waals surface area contributed by atoms with E-state index in [0.717, 1.165) is 63.2 Å². The van der Waals surface area contributed by atoms with Crippen molar-refractivity contribution in [2.45, 2.75) is 41.0 Å². The number of benzene rings is 3. The summed E-state index contributed by atoms with van der Waals surface area (Å²) in [5, 5.41) is 3.45. The van der Waals surface area contributed by atoms with Crippen LogP contribution in [0.25, 0.3) is 56.2 Å². The number of hydrogen-bond acceptors (Lipinski definition) is 5. The molecule has 2 aromatic heterocycles. The van der Waals surface area contributed by atoms with E-state index >= 15 is 0 Å². The predicted molar refractivity (Wildman–Crippen MR) is 210 cm³/mol. The lowest BCUT2D eigenvalue weighted by Crippen LogP contribution is -2.16. The summed E-state index contributed by atoms with van der Waals surface area (Å²) >= 11 is 0. The van der Waals surface area contributed by atoms with Crippen molar-refractivity contribution in [3.05, 3.63) is 168 Å². The average Bonchev–Trinajstić information content (AvgIpc) is 3.18. The van der Waals surface area contributed by atoms with Crippen molar-refractivity contribution in [1.29, 1.82) is 0 Å². The molecule has 6 rings (SSSR count). The lowest BCUT2D eigenvalue weighted by Gasteiger charge is -2.16. The van der Waals surface area contributed by atoms with Gasteiger partial charge in [-0.25, -0.2) is 15.0 Å². The van der Waals surface area contributed by atoms with Gasteiger partial charge >= 0.3 is 0 Å². The maximum atomic E-state index is 5.08. The molecule has 5 nitrogen and oxygen atoms in total. The van der Waals surface area contributed by atoms with Gasteiger partial charge in [-0.1, -0.05) is 104 Å². The van der Waals surface area contributed by atoms with Gasteiger partial charge in [-0.15, -0.1) is 0 Å². The predicted octanol–water partition coefficient (Wildman–Crippen LogP) is 11.0. The molecule has 0 radical (unpaired) electrons. The van der Waals surface area contributed by atoms with Gasteiger partial charge in [0.25, 0.3) is 0 Å². The summed E-state index contributed by atoms with van der Waals surface area (Å²) in [4.78, 5) is 19.6.